The SMILES string of the molecule is Fc1cccc(Cl)c1Cn1ccc(NC(=S)NCCCn2nc(C(F)(F)F)cc2C2CC2)n1. The fourth-order valence-corrected chi connectivity index (χ4v) is 3.84. The molecule has 0 radical (unpaired) electrons. The average molecular weight is 501 g/mol. The molecule has 0 atom stereocenters. The Balaban J connectivity index is 1.25. The van der Waals surface area contributed by atoms with E-state index in [4.69, 9.17) is 23.8 Å². The zero-order valence-electron chi connectivity index (χ0n) is 17.4. The normalized spacial score (nSPS) is 13.8. The van der Waals surface area contributed by atoms with E-state index < -0.39 is 17.7 Å². The number of halogens is 5. The predicted molar refractivity (Wildman–Crippen MR) is 121 cm³/mol. The van der Waals surface area contributed by atoms with Crippen molar-refractivity contribution in [1.82, 2.24) is 24.9 Å². The van der Waals surface area contributed by atoms with Gasteiger partial charge in [0.2, 0.25) is 0 Å². The second-order valence-electron chi connectivity index (χ2n) is 7.78. The molecule has 12 heteroatoms. The van der Waals surface area contributed by atoms with E-state index in [2.05, 4.69) is 20.8 Å². The van der Waals surface area contributed by atoms with Gasteiger partial charge in [0.05, 0.1) is 6.54 Å². The summed E-state index contributed by atoms with van der Waals surface area (Å²) in [5.74, 6) is 0.227. The van der Waals surface area contributed by atoms with Crippen molar-refractivity contribution in [3.05, 3.63) is 64.3 Å². The standard InChI is InChI=1S/C21H21ClF4N6S/c22-15-3-1-4-16(23)14(15)12-31-10-7-19(30-31)28-20(33)27-8-2-9-32-17(13-5-6-13)11-18(29-32)21(24,25)26/h1,3-4,7,10-11,13H,2,5-6,8-9,12H2,(H2,27,28,30,33). The topological polar surface area (TPSA) is 59.7 Å². The molecule has 0 spiro atoms. The Kier molecular flexibility index (Phi) is 6.89. The van der Waals surface area contributed by atoms with E-state index >= 15 is 0 Å². The number of anilines is 1. The summed E-state index contributed by atoms with van der Waals surface area (Å²) in [7, 11) is 0. The molecule has 1 aliphatic rings. The molecule has 0 saturated heterocycles. The van der Waals surface area contributed by atoms with Gasteiger partial charge in [0, 0.05) is 47.6 Å². The number of thiocarbonyl (C=S) groups is 1. The van der Waals surface area contributed by atoms with Crippen molar-refractivity contribution in [3.63, 3.8) is 0 Å². The van der Waals surface area contributed by atoms with Crippen LogP contribution in [0.1, 0.15) is 42.1 Å². The molecule has 1 aromatic carbocycles. The van der Waals surface area contributed by atoms with E-state index in [0.29, 0.717) is 46.7 Å². The van der Waals surface area contributed by atoms with E-state index in [1.54, 1.807) is 18.3 Å². The van der Waals surface area contributed by atoms with E-state index in [1.807, 2.05) is 0 Å². The first-order valence-corrected chi connectivity index (χ1v) is 11.2. The van der Waals surface area contributed by atoms with Crippen molar-refractivity contribution in [3.8, 4) is 0 Å². The van der Waals surface area contributed by atoms with Gasteiger partial charge >= 0.3 is 6.18 Å². The molecule has 2 N–H and O–H groups in total. The number of rotatable bonds is 8. The van der Waals surface area contributed by atoms with Gasteiger partial charge in [0.15, 0.2) is 16.6 Å². The number of benzene rings is 1. The van der Waals surface area contributed by atoms with Gasteiger partial charge in [-0.1, -0.05) is 17.7 Å². The third-order valence-electron chi connectivity index (χ3n) is 5.19. The Hall–Kier alpha value is -2.66. The lowest BCUT2D eigenvalue weighted by molar-refractivity contribution is -0.141. The molecule has 1 aliphatic carbocycles. The zero-order valence-corrected chi connectivity index (χ0v) is 18.9. The van der Waals surface area contributed by atoms with Gasteiger partial charge in [-0.25, -0.2) is 4.39 Å². The molecule has 0 amide bonds. The van der Waals surface area contributed by atoms with Crippen LogP contribution >= 0.6 is 23.8 Å². The van der Waals surface area contributed by atoms with E-state index in [-0.39, 0.29) is 12.5 Å². The summed E-state index contributed by atoms with van der Waals surface area (Å²) in [5.41, 5.74) is 0.137. The molecule has 33 heavy (non-hydrogen) atoms. The second kappa shape index (κ2) is 9.68. The summed E-state index contributed by atoms with van der Waals surface area (Å²) in [5, 5.41) is 14.6. The summed E-state index contributed by atoms with van der Waals surface area (Å²) in [6, 6.07) is 7.33. The number of aryl methyl sites for hydroxylation is 1. The molecule has 3 aromatic rings. The molecule has 2 heterocycles. The van der Waals surface area contributed by atoms with Gasteiger partial charge in [-0.2, -0.15) is 23.4 Å². The first-order valence-electron chi connectivity index (χ1n) is 10.4. The summed E-state index contributed by atoms with van der Waals surface area (Å²) in [6.45, 7) is 0.971. The van der Waals surface area contributed by atoms with Crippen molar-refractivity contribution in [1.29, 1.82) is 0 Å². The summed E-state index contributed by atoms with van der Waals surface area (Å²) < 4.78 is 55.9. The van der Waals surface area contributed by atoms with Crippen LogP contribution in [0.5, 0.6) is 0 Å². The quantitative estimate of drug-likeness (QED) is 0.253. The van der Waals surface area contributed by atoms with Crippen LogP contribution in [0, 0.1) is 5.82 Å². The monoisotopic (exact) mass is 500 g/mol. The largest absolute Gasteiger partial charge is 0.435 e. The van der Waals surface area contributed by atoms with E-state index in [9.17, 15) is 17.6 Å². The molecule has 6 nitrogen and oxygen atoms in total. The Morgan fingerprint density at radius 2 is 2.00 bits per heavy atom. The number of hydrogen-bond donors (Lipinski definition) is 2. The third-order valence-corrected chi connectivity index (χ3v) is 5.79. The highest BCUT2D eigenvalue weighted by atomic mass is 35.5. The van der Waals surface area contributed by atoms with Gasteiger partial charge in [0.25, 0.3) is 0 Å². The Bertz CT molecular complexity index is 1120. The minimum absolute atomic E-state index is 0.165. The van der Waals surface area contributed by atoms with Gasteiger partial charge in [-0.15, -0.1) is 0 Å². The average Bonchev–Trinajstić information content (AvgIpc) is 3.34. The maximum atomic E-state index is 13.9. The van der Waals surface area contributed by atoms with Crippen LogP contribution in [0.3, 0.4) is 0 Å². The van der Waals surface area contributed by atoms with Crippen molar-refractivity contribution in [2.45, 2.75) is 44.4 Å². The summed E-state index contributed by atoms with van der Waals surface area (Å²) in [6.07, 6.45) is -0.445. The highest BCUT2D eigenvalue weighted by Gasteiger charge is 2.37. The van der Waals surface area contributed by atoms with Gasteiger partial charge < -0.3 is 10.6 Å². The fourth-order valence-electron chi connectivity index (χ4n) is 3.41. The Morgan fingerprint density at radius 1 is 1.21 bits per heavy atom. The molecule has 1 saturated carbocycles. The van der Waals surface area contributed by atoms with Crippen molar-refractivity contribution in [2.75, 3.05) is 11.9 Å². The number of nitrogens with one attached hydrogen (secondary N) is 2. The van der Waals surface area contributed by atoms with Crippen LogP contribution in [0.15, 0.2) is 36.5 Å². The van der Waals surface area contributed by atoms with E-state index in [1.165, 1.54) is 21.5 Å². The molecule has 176 valence electrons. The lowest BCUT2D eigenvalue weighted by Gasteiger charge is -2.10. The van der Waals surface area contributed by atoms with Crippen LogP contribution in [0.4, 0.5) is 23.4 Å². The van der Waals surface area contributed by atoms with Crippen LogP contribution in [0.25, 0.3) is 0 Å². The third kappa shape index (κ3) is 6.02. The zero-order chi connectivity index (χ0) is 23.6. The van der Waals surface area contributed by atoms with Crippen molar-refractivity contribution >= 4 is 34.7 Å². The maximum absolute atomic E-state index is 13.9. The maximum Gasteiger partial charge on any atom is 0.435 e. The summed E-state index contributed by atoms with van der Waals surface area (Å²) in [4.78, 5) is 0. The molecule has 4 rings (SSSR count). The smallest absolute Gasteiger partial charge is 0.362 e. The number of aromatic nitrogens is 4. The molecular formula is C21H21ClF4N6S. The van der Waals surface area contributed by atoms with Crippen LogP contribution in [-0.4, -0.2) is 31.2 Å². The van der Waals surface area contributed by atoms with Gasteiger partial charge in [0.1, 0.15) is 5.82 Å². The van der Waals surface area contributed by atoms with Crippen LogP contribution in [-0.2, 0) is 19.3 Å². The summed E-state index contributed by atoms with van der Waals surface area (Å²) >= 11 is 11.3. The lowest BCUT2D eigenvalue weighted by atomic mass is 10.2. The highest BCUT2D eigenvalue weighted by molar-refractivity contribution is 7.80. The second-order valence-corrected chi connectivity index (χ2v) is 8.60. The van der Waals surface area contributed by atoms with Gasteiger partial charge in [-0.3, -0.25) is 9.36 Å². The minimum atomic E-state index is -4.44. The molecular weight excluding hydrogens is 480 g/mol. The van der Waals surface area contributed by atoms with Crippen molar-refractivity contribution in [2.24, 2.45) is 0 Å². The Labute approximate surface area is 197 Å². The van der Waals surface area contributed by atoms with E-state index in [0.717, 1.165) is 18.9 Å². The minimum Gasteiger partial charge on any atom is -0.362 e. The fraction of sp³-hybridized carbons (Fsp3) is 0.381. The molecule has 0 unspecified atom stereocenters. The lowest BCUT2D eigenvalue weighted by Crippen LogP contribution is -2.30. The van der Waals surface area contributed by atoms with Crippen molar-refractivity contribution < 1.29 is 17.6 Å². The Morgan fingerprint density at radius 3 is 2.70 bits per heavy atom. The number of nitrogens with zero attached hydrogens (tertiary/aromatic N) is 4. The predicted octanol–water partition coefficient (Wildman–Crippen LogP) is 5.19. The first-order chi connectivity index (χ1) is 15.7. The van der Waals surface area contributed by atoms with Gasteiger partial charge in [-0.05, 0) is 49.7 Å². The molecule has 1 fully saturated rings. The molecule has 2 aromatic heterocycles. The highest BCUT2D eigenvalue weighted by Crippen LogP contribution is 2.42. The number of hydrogen-bond acceptors (Lipinski definition) is 3. The van der Waals surface area contributed by atoms with Crippen LogP contribution in [0.2, 0.25) is 5.02 Å². The number of alkyl halides is 3. The van der Waals surface area contributed by atoms with Crippen LogP contribution < -0.4 is 10.6 Å². The first kappa shape index (κ1) is 23.5. The molecule has 0 aliphatic heterocycles. The molecule has 0 bridgehead atoms.